The van der Waals surface area contributed by atoms with Crippen LogP contribution in [0.15, 0.2) is 41.9 Å². The molecule has 1 heterocycles. The molecule has 0 spiro atoms. The zero-order chi connectivity index (χ0) is 18.8. The Hall–Kier alpha value is -1.77. The van der Waals surface area contributed by atoms with Crippen molar-refractivity contribution in [2.45, 2.75) is 53.3 Å². The molecule has 27 heavy (non-hydrogen) atoms. The maximum atomic E-state index is 5.94. The Balaban J connectivity index is 0.00000364. The van der Waals surface area contributed by atoms with Crippen LogP contribution in [0.5, 0.6) is 5.75 Å². The Morgan fingerprint density at radius 2 is 2.11 bits per heavy atom. The van der Waals surface area contributed by atoms with Gasteiger partial charge >= 0.3 is 0 Å². The monoisotopic (exact) mass is 485 g/mol. The van der Waals surface area contributed by atoms with Gasteiger partial charge in [0.1, 0.15) is 5.75 Å². The Morgan fingerprint density at radius 1 is 1.30 bits per heavy atom. The van der Waals surface area contributed by atoms with Crippen molar-refractivity contribution >= 4 is 29.9 Å². The summed E-state index contributed by atoms with van der Waals surface area (Å²) in [4.78, 5) is 8.77. The van der Waals surface area contributed by atoms with E-state index >= 15 is 0 Å². The highest BCUT2D eigenvalue weighted by atomic mass is 127. The topological polar surface area (TPSA) is 63.5 Å². The molecule has 150 valence electrons. The molecule has 0 unspecified atom stereocenters. The number of nitrogens with one attached hydrogen (secondary N) is 2. The van der Waals surface area contributed by atoms with Crippen molar-refractivity contribution < 1.29 is 4.74 Å². The molecule has 0 fully saturated rings. The van der Waals surface area contributed by atoms with E-state index in [2.05, 4.69) is 52.2 Å². The number of hydrogen-bond donors (Lipinski definition) is 2. The highest BCUT2D eigenvalue weighted by molar-refractivity contribution is 14.0. The highest BCUT2D eigenvalue weighted by Gasteiger charge is 2.06. The number of aryl methyl sites for hydroxylation is 2. The van der Waals surface area contributed by atoms with Crippen LogP contribution in [0.4, 0.5) is 0 Å². The highest BCUT2D eigenvalue weighted by Crippen LogP contribution is 2.22. The summed E-state index contributed by atoms with van der Waals surface area (Å²) in [5.41, 5.74) is 2.29. The molecule has 0 saturated carbocycles. The largest absolute Gasteiger partial charge is 0.491 e. The third kappa shape index (κ3) is 8.64. The summed E-state index contributed by atoms with van der Waals surface area (Å²) in [6.45, 7) is 11.4. The summed E-state index contributed by atoms with van der Waals surface area (Å²) in [5, 5.41) is 6.69. The van der Waals surface area contributed by atoms with Crippen molar-refractivity contribution in [3.8, 4) is 5.75 Å². The smallest absolute Gasteiger partial charge is 0.191 e. The second-order valence-corrected chi connectivity index (χ2v) is 6.55. The van der Waals surface area contributed by atoms with Crippen LogP contribution in [0.1, 0.15) is 38.3 Å². The second-order valence-electron chi connectivity index (χ2n) is 6.55. The van der Waals surface area contributed by atoms with Gasteiger partial charge in [-0.3, -0.25) is 0 Å². The van der Waals surface area contributed by atoms with E-state index in [0.29, 0.717) is 6.54 Å². The van der Waals surface area contributed by atoms with Crippen molar-refractivity contribution in [3.05, 3.63) is 48.0 Å². The molecule has 6 nitrogen and oxygen atoms in total. The number of rotatable bonds is 9. The fourth-order valence-electron chi connectivity index (χ4n) is 2.55. The number of aliphatic imine (C=N–C) groups is 1. The van der Waals surface area contributed by atoms with Gasteiger partial charge in [-0.15, -0.1) is 24.0 Å². The summed E-state index contributed by atoms with van der Waals surface area (Å²) in [6.07, 6.45) is 6.78. The van der Waals surface area contributed by atoms with Gasteiger partial charge in [-0.05, 0) is 45.7 Å². The zero-order valence-corrected chi connectivity index (χ0v) is 19.1. The number of halogens is 1. The van der Waals surface area contributed by atoms with Crippen LogP contribution in [0.2, 0.25) is 0 Å². The van der Waals surface area contributed by atoms with Gasteiger partial charge in [-0.1, -0.05) is 12.1 Å². The second kappa shape index (κ2) is 12.6. The van der Waals surface area contributed by atoms with Gasteiger partial charge in [0.25, 0.3) is 0 Å². The van der Waals surface area contributed by atoms with Crippen molar-refractivity contribution in [2.75, 3.05) is 13.1 Å². The lowest BCUT2D eigenvalue weighted by Gasteiger charge is -2.15. The Labute approximate surface area is 179 Å². The van der Waals surface area contributed by atoms with Crippen LogP contribution >= 0.6 is 24.0 Å². The van der Waals surface area contributed by atoms with Crippen molar-refractivity contribution in [1.29, 1.82) is 0 Å². The standard InChI is InChI=1S/C20H31N5O.HI/c1-5-22-20(23-9-6-11-25-12-10-21-15-25)24-14-18-8-7-17(4)13-19(18)26-16(2)3;/h7-8,10,12-13,15-16H,5-6,9,11,14H2,1-4H3,(H2,22,23,24);1H. The summed E-state index contributed by atoms with van der Waals surface area (Å²) < 4.78 is 8.02. The third-order valence-electron chi connectivity index (χ3n) is 3.78. The summed E-state index contributed by atoms with van der Waals surface area (Å²) in [5.74, 6) is 1.74. The molecule has 2 rings (SSSR count). The Bertz CT molecular complexity index is 686. The van der Waals surface area contributed by atoms with E-state index in [4.69, 9.17) is 9.73 Å². The fourth-order valence-corrected chi connectivity index (χ4v) is 2.55. The SMILES string of the molecule is CCNC(=NCc1ccc(C)cc1OC(C)C)NCCCn1ccnc1.I. The lowest BCUT2D eigenvalue weighted by Crippen LogP contribution is -2.38. The van der Waals surface area contributed by atoms with Crippen molar-refractivity contribution in [3.63, 3.8) is 0 Å². The summed E-state index contributed by atoms with van der Waals surface area (Å²) in [7, 11) is 0. The number of benzene rings is 1. The number of imidazole rings is 1. The molecule has 1 aromatic carbocycles. The molecule has 2 aromatic rings. The first-order chi connectivity index (χ1) is 12.6. The number of hydrogen-bond acceptors (Lipinski definition) is 3. The lowest BCUT2D eigenvalue weighted by atomic mass is 10.1. The molecule has 7 heteroatoms. The average Bonchev–Trinajstić information content (AvgIpc) is 3.10. The van der Waals surface area contributed by atoms with Crippen molar-refractivity contribution in [2.24, 2.45) is 4.99 Å². The Kier molecular flexibility index (Phi) is 10.8. The van der Waals surface area contributed by atoms with Crippen LogP contribution in [0.3, 0.4) is 0 Å². The molecule has 2 N–H and O–H groups in total. The van der Waals surface area contributed by atoms with Crippen LogP contribution < -0.4 is 15.4 Å². The lowest BCUT2D eigenvalue weighted by molar-refractivity contribution is 0.240. The van der Waals surface area contributed by atoms with E-state index in [0.717, 1.165) is 43.3 Å². The molecule has 1 aromatic heterocycles. The van der Waals surface area contributed by atoms with Crippen LogP contribution in [-0.2, 0) is 13.1 Å². The van der Waals surface area contributed by atoms with E-state index in [-0.39, 0.29) is 30.1 Å². The maximum Gasteiger partial charge on any atom is 0.191 e. The minimum absolute atomic E-state index is 0. The number of aromatic nitrogens is 2. The van der Waals surface area contributed by atoms with E-state index < -0.39 is 0 Å². The minimum atomic E-state index is 0. The first kappa shape index (κ1) is 23.3. The van der Waals surface area contributed by atoms with Gasteiger partial charge in [0, 0.05) is 37.6 Å². The van der Waals surface area contributed by atoms with Gasteiger partial charge in [-0.2, -0.15) is 0 Å². The molecular weight excluding hydrogens is 453 g/mol. The van der Waals surface area contributed by atoms with Crippen LogP contribution in [-0.4, -0.2) is 34.7 Å². The normalized spacial score (nSPS) is 11.2. The fraction of sp³-hybridized carbons (Fsp3) is 0.500. The quantitative estimate of drug-likeness (QED) is 0.246. The van der Waals surface area contributed by atoms with E-state index in [1.807, 2.05) is 26.4 Å². The number of guanidine groups is 1. The minimum Gasteiger partial charge on any atom is -0.491 e. The first-order valence-corrected chi connectivity index (χ1v) is 9.32. The molecular formula is C20H32IN5O. The van der Waals surface area contributed by atoms with Gasteiger partial charge in [0.15, 0.2) is 5.96 Å². The molecule has 0 amide bonds. The average molecular weight is 485 g/mol. The predicted molar refractivity (Wildman–Crippen MR) is 122 cm³/mol. The van der Waals surface area contributed by atoms with Crippen LogP contribution in [0, 0.1) is 6.92 Å². The summed E-state index contributed by atoms with van der Waals surface area (Å²) >= 11 is 0. The Morgan fingerprint density at radius 3 is 2.78 bits per heavy atom. The molecule has 0 aliphatic rings. The van der Waals surface area contributed by atoms with Gasteiger partial charge < -0.3 is 19.9 Å². The molecule has 0 saturated heterocycles. The zero-order valence-electron chi connectivity index (χ0n) is 16.7. The van der Waals surface area contributed by atoms with E-state index in [1.54, 1.807) is 6.20 Å². The molecule has 0 atom stereocenters. The maximum absolute atomic E-state index is 5.94. The number of ether oxygens (including phenoxy) is 1. The molecule has 0 aliphatic carbocycles. The predicted octanol–water partition coefficient (Wildman–Crippen LogP) is 3.74. The van der Waals surface area contributed by atoms with E-state index in [9.17, 15) is 0 Å². The molecule has 0 aliphatic heterocycles. The van der Waals surface area contributed by atoms with Gasteiger partial charge in [-0.25, -0.2) is 9.98 Å². The van der Waals surface area contributed by atoms with Gasteiger partial charge in [0.05, 0.1) is 19.0 Å². The van der Waals surface area contributed by atoms with E-state index in [1.165, 1.54) is 5.56 Å². The summed E-state index contributed by atoms with van der Waals surface area (Å²) in [6, 6.07) is 6.28. The van der Waals surface area contributed by atoms with Crippen LogP contribution in [0.25, 0.3) is 0 Å². The number of nitrogens with zero attached hydrogens (tertiary/aromatic N) is 3. The van der Waals surface area contributed by atoms with Crippen molar-refractivity contribution in [1.82, 2.24) is 20.2 Å². The third-order valence-corrected chi connectivity index (χ3v) is 3.78. The van der Waals surface area contributed by atoms with Gasteiger partial charge in [0.2, 0.25) is 0 Å². The molecule has 0 bridgehead atoms. The first-order valence-electron chi connectivity index (χ1n) is 9.32. The molecule has 0 radical (unpaired) electrons.